The van der Waals surface area contributed by atoms with Gasteiger partial charge in [0.15, 0.2) is 0 Å². The van der Waals surface area contributed by atoms with E-state index in [0.717, 1.165) is 0 Å². The Hall–Kier alpha value is -1.52. The first-order valence-corrected chi connectivity index (χ1v) is 6.04. The molecule has 0 saturated carbocycles. The molecule has 94 valence electrons. The molecule has 18 heavy (non-hydrogen) atoms. The summed E-state index contributed by atoms with van der Waals surface area (Å²) in [5.41, 5.74) is 2.53. The molecule has 1 unspecified atom stereocenters. The Kier molecular flexibility index (Phi) is 4.76. The molecular weight excluding hydrogens is 247 g/mol. The van der Waals surface area contributed by atoms with E-state index in [-0.39, 0.29) is 10.9 Å². The lowest BCUT2D eigenvalue weighted by Crippen LogP contribution is -2.02. The zero-order valence-corrected chi connectivity index (χ0v) is 11.4. The van der Waals surface area contributed by atoms with Gasteiger partial charge in [-0.25, -0.2) is 4.39 Å². The van der Waals surface area contributed by atoms with E-state index >= 15 is 0 Å². The lowest BCUT2D eigenvalue weighted by molar-refractivity contribution is 0.618. The van der Waals surface area contributed by atoms with E-state index in [1.165, 1.54) is 0 Å². The predicted octanol–water partition coefficient (Wildman–Crippen LogP) is 5.02. The maximum Gasteiger partial charge on any atom is 0.149 e. The third-order valence-electron chi connectivity index (χ3n) is 2.97. The van der Waals surface area contributed by atoms with Crippen LogP contribution in [0.15, 0.2) is 30.9 Å². The van der Waals surface area contributed by atoms with Crippen LogP contribution in [0.3, 0.4) is 0 Å². The number of hydrogen-bond acceptors (Lipinski definition) is 0. The molecule has 1 aromatic carbocycles. The van der Waals surface area contributed by atoms with Gasteiger partial charge in [-0.05, 0) is 36.0 Å². The van der Waals surface area contributed by atoms with E-state index in [0.29, 0.717) is 28.7 Å². The second-order valence-corrected chi connectivity index (χ2v) is 4.81. The standard InChI is InChI=1S/C16H16ClF/c1-6-10(2)9-12(4)13(5)14-8-7-11(3)15(17)16(14)18/h1,7-8,12H,2,5,9H2,3-4H3. The fourth-order valence-electron chi connectivity index (χ4n) is 1.71. The third-order valence-corrected chi connectivity index (χ3v) is 3.44. The predicted molar refractivity (Wildman–Crippen MR) is 76.9 cm³/mol. The van der Waals surface area contributed by atoms with Crippen LogP contribution in [0, 0.1) is 31.0 Å². The molecular formula is C16H16ClF. The van der Waals surface area contributed by atoms with Crippen LogP contribution in [0.2, 0.25) is 5.02 Å². The summed E-state index contributed by atoms with van der Waals surface area (Å²) in [5, 5.41) is 0.150. The number of hydrogen-bond donors (Lipinski definition) is 0. The molecule has 0 heterocycles. The first kappa shape index (κ1) is 14.5. The van der Waals surface area contributed by atoms with Crippen LogP contribution in [-0.2, 0) is 0 Å². The van der Waals surface area contributed by atoms with E-state index in [9.17, 15) is 4.39 Å². The summed E-state index contributed by atoms with van der Waals surface area (Å²) in [4.78, 5) is 0. The van der Waals surface area contributed by atoms with Crippen molar-refractivity contribution in [1.29, 1.82) is 0 Å². The number of benzene rings is 1. The molecule has 1 atom stereocenters. The Labute approximate surface area is 113 Å². The highest BCUT2D eigenvalue weighted by molar-refractivity contribution is 6.31. The molecule has 0 fully saturated rings. The molecule has 2 heteroatoms. The monoisotopic (exact) mass is 262 g/mol. The highest BCUT2D eigenvalue weighted by Gasteiger charge is 2.16. The van der Waals surface area contributed by atoms with Crippen molar-refractivity contribution in [2.75, 3.05) is 0 Å². The average Bonchev–Trinajstić information content (AvgIpc) is 2.35. The van der Waals surface area contributed by atoms with E-state index in [2.05, 4.69) is 19.1 Å². The molecule has 0 N–H and O–H groups in total. The molecule has 0 aromatic heterocycles. The fourth-order valence-corrected chi connectivity index (χ4v) is 1.88. The van der Waals surface area contributed by atoms with Gasteiger partial charge < -0.3 is 0 Å². The van der Waals surface area contributed by atoms with E-state index in [4.69, 9.17) is 18.0 Å². The molecule has 0 nitrogen and oxygen atoms in total. The van der Waals surface area contributed by atoms with Crippen molar-refractivity contribution in [2.24, 2.45) is 5.92 Å². The second kappa shape index (κ2) is 5.89. The Bertz CT molecular complexity index is 535. The summed E-state index contributed by atoms with van der Waals surface area (Å²) < 4.78 is 14.0. The van der Waals surface area contributed by atoms with Crippen LogP contribution in [0.1, 0.15) is 24.5 Å². The second-order valence-electron chi connectivity index (χ2n) is 4.44. The number of rotatable bonds is 4. The van der Waals surface area contributed by atoms with Crippen molar-refractivity contribution in [3.8, 4) is 12.3 Å². The number of terminal acetylenes is 1. The Morgan fingerprint density at radius 3 is 2.67 bits per heavy atom. The van der Waals surface area contributed by atoms with Gasteiger partial charge in [-0.3, -0.25) is 0 Å². The van der Waals surface area contributed by atoms with Crippen LogP contribution in [0.5, 0.6) is 0 Å². The molecule has 0 aliphatic heterocycles. The SMILES string of the molecule is C#CC(=C)CC(C)C(=C)c1ccc(C)c(Cl)c1F. The molecule has 0 radical (unpaired) electrons. The molecule has 0 aliphatic rings. The van der Waals surface area contributed by atoms with Crippen LogP contribution in [-0.4, -0.2) is 0 Å². The first-order chi connectivity index (χ1) is 8.38. The summed E-state index contributed by atoms with van der Waals surface area (Å²) >= 11 is 5.90. The van der Waals surface area contributed by atoms with E-state index in [1.807, 2.05) is 6.92 Å². The van der Waals surface area contributed by atoms with Gasteiger partial charge in [-0.15, -0.1) is 6.42 Å². The molecule has 0 bridgehead atoms. The summed E-state index contributed by atoms with van der Waals surface area (Å²) in [6.07, 6.45) is 5.86. The Morgan fingerprint density at radius 2 is 2.11 bits per heavy atom. The minimum atomic E-state index is -0.417. The zero-order valence-electron chi connectivity index (χ0n) is 10.7. The van der Waals surface area contributed by atoms with Crippen molar-refractivity contribution in [3.05, 3.63) is 52.8 Å². The first-order valence-electron chi connectivity index (χ1n) is 5.66. The molecule has 0 saturated heterocycles. The number of halogens is 2. The van der Waals surface area contributed by atoms with Crippen molar-refractivity contribution in [2.45, 2.75) is 20.3 Å². The zero-order chi connectivity index (χ0) is 13.9. The van der Waals surface area contributed by atoms with Crippen LogP contribution in [0.25, 0.3) is 5.57 Å². The van der Waals surface area contributed by atoms with Crippen molar-refractivity contribution in [3.63, 3.8) is 0 Å². The van der Waals surface area contributed by atoms with Gasteiger partial charge in [0.2, 0.25) is 0 Å². The third kappa shape index (κ3) is 3.03. The molecule has 1 aromatic rings. The van der Waals surface area contributed by atoms with Gasteiger partial charge in [-0.2, -0.15) is 0 Å². The minimum absolute atomic E-state index is 0.0295. The maximum atomic E-state index is 14.0. The smallest absolute Gasteiger partial charge is 0.149 e. The summed E-state index contributed by atoms with van der Waals surface area (Å²) in [6, 6.07) is 3.49. The quantitative estimate of drug-likeness (QED) is 0.669. The van der Waals surface area contributed by atoms with E-state index < -0.39 is 5.82 Å². The van der Waals surface area contributed by atoms with Crippen LogP contribution in [0.4, 0.5) is 4.39 Å². The number of allylic oxidation sites excluding steroid dienone is 2. The minimum Gasteiger partial charge on any atom is -0.205 e. The van der Waals surface area contributed by atoms with Crippen molar-refractivity contribution in [1.82, 2.24) is 0 Å². The van der Waals surface area contributed by atoms with Crippen molar-refractivity contribution >= 4 is 17.2 Å². The summed E-state index contributed by atoms with van der Waals surface area (Å²) in [6.45, 7) is 11.4. The topological polar surface area (TPSA) is 0 Å². The van der Waals surface area contributed by atoms with Crippen molar-refractivity contribution < 1.29 is 4.39 Å². The fraction of sp³-hybridized carbons (Fsp3) is 0.250. The van der Waals surface area contributed by atoms with Gasteiger partial charge in [0.05, 0.1) is 5.02 Å². The Balaban J connectivity index is 3.02. The van der Waals surface area contributed by atoms with Crippen LogP contribution >= 0.6 is 11.6 Å². The molecule has 0 aliphatic carbocycles. The van der Waals surface area contributed by atoms with Gasteiger partial charge in [0, 0.05) is 5.56 Å². The summed E-state index contributed by atoms with van der Waals surface area (Å²) in [7, 11) is 0. The number of aryl methyl sites for hydroxylation is 1. The lowest BCUT2D eigenvalue weighted by Gasteiger charge is -2.16. The average molecular weight is 263 g/mol. The molecule has 1 rings (SSSR count). The normalized spacial score (nSPS) is 11.7. The largest absolute Gasteiger partial charge is 0.205 e. The van der Waals surface area contributed by atoms with E-state index in [1.54, 1.807) is 19.1 Å². The maximum absolute atomic E-state index is 14.0. The summed E-state index contributed by atoms with van der Waals surface area (Å²) in [5.74, 6) is 2.09. The van der Waals surface area contributed by atoms with Gasteiger partial charge >= 0.3 is 0 Å². The highest BCUT2D eigenvalue weighted by Crippen LogP contribution is 2.32. The highest BCUT2D eigenvalue weighted by atomic mass is 35.5. The Morgan fingerprint density at radius 1 is 1.50 bits per heavy atom. The van der Waals surface area contributed by atoms with Gasteiger partial charge in [0.1, 0.15) is 5.82 Å². The van der Waals surface area contributed by atoms with Gasteiger partial charge in [-0.1, -0.05) is 49.7 Å². The molecule has 0 spiro atoms. The molecule has 0 amide bonds. The van der Waals surface area contributed by atoms with Gasteiger partial charge in [0.25, 0.3) is 0 Å². The van der Waals surface area contributed by atoms with Crippen LogP contribution < -0.4 is 0 Å². The lowest BCUT2D eigenvalue weighted by atomic mass is 9.90.